The predicted octanol–water partition coefficient (Wildman–Crippen LogP) is 5.49. The quantitative estimate of drug-likeness (QED) is 0.173. The van der Waals surface area contributed by atoms with Crippen LogP contribution in [0.1, 0.15) is 92.7 Å². The zero-order chi connectivity index (χ0) is 22.7. The summed E-state index contributed by atoms with van der Waals surface area (Å²) in [6.07, 6.45) is 15.3. The smallest absolute Gasteiger partial charge is 0.298 e. The Labute approximate surface area is 187 Å². The van der Waals surface area contributed by atoms with E-state index in [-0.39, 0.29) is 10.6 Å². The molecule has 3 N–H and O–H groups in total. The van der Waals surface area contributed by atoms with Crippen molar-refractivity contribution in [1.82, 2.24) is 9.40 Å². The number of carbonyl (C=O) groups is 1. The second kappa shape index (κ2) is 12.7. The lowest BCUT2D eigenvalue weighted by atomic mass is 10.0. The first-order valence-electron chi connectivity index (χ1n) is 11.4. The van der Waals surface area contributed by atoms with Gasteiger partial charge in [0.2, 0.25) is 0 Å². The van der Waals surface area contributed by atoms with E-state index < -0.39 is 15.9 Å². The van der Waals surface area contributed by atoms with Gasteiger partial charge in [0.05, 0.1) is 4.90 Å². The Kier molecular flexibility index (Phi) is 10.3. The highest BCUT2D eigenvalue weighted by Crippen LogP contribution is 2.17. The normalized spacial score (nSPS) is 11.6. The Morgan fingerprint density at radius 2 is 1.48 bits per heavy atom. The topological polar surface area (TPSA) is 96.3 Å². The molecule has 2 aromatic rings. The summed E-state index contributed by atoms with van der Waals surface area (Å²) >= 11 is 0. The van der Waals surface area contributed by atoms with Crippen molar-refractivity contribution in [2.24, 2.45) is 5.84 Å². The third-order valence-electron chi connectivity index (χ3n) is 5.57. The van der Waals surface area contributed by atoms with Crippen LogP contribution in [-0.4, -0.2) is 23.7 Å². The number of hydrogen-bond acceptors (Lipinski definition) is 4. The van der Waals surface area contributed by atoms with Crippen LogP contribution in [0.5, 0.6) is 0 Å². The monoisotopic (exact) mass is 447 g/mol. The number of carbonyl (C=O) groups excluding carboxylic acids is 1. The zero-order valence-electron chi connectivity index (χ0n) is 18.9. The number of aryl methyl sites for hydroxylation is 2. The molecular formula is C24H37N3O3S. The highest BCUT2D eigenvalue weighted by Gasteiger charge is 2.28. The minimum Gasteiger partial charge on any atom is -0.357 e. The van der Waals surface area contributed by atoms with E-state index in [1.165, 1.54) is 63.5 Å². The zero-order valence-corrected chi connectivity index (χ0v) is 19.7. The van der Waals surface area contributed by atoms with Crippen LogP contribution in [-0.2, 0) is 16.4 Å². The van der Waals surface area contributed by atoms with E-state index in [1.54, 1.807) is 24.4 Å². The number of aromatic nitrogens is 1. The third-order valence-corrected chi connectivity index (χ3v) is 7.12. The van der Waals surface area contributed by atoms with Crippen LogP contribution in [0, 0.1) is 6.92 Å². The van der Waals surface area contributed by atoms with Gasteiger partial charge in [0, 0.05) is 6.20 Å². The second-order valence-corrected chi connectivity index (χ2v) is 10.1. The van der Waals surface area contributed by atoms with Crippen molar-refractivity contribution < 1.29 is 13.2 Å². The molecule has 0 unspecified atom stereocenters. The molecule has 0 radical (unpaired) electrons. The summed E-state index contributed by atoms with van der Waals surface area (Å²) in [6, 6.07) is 7.93. The Morgan fingerprint density at radius 3 is 2.06 bits per heavy atom. The number of hydrazine groups is 1. The lowest BCUT2D eigenvalue weighted by molar-refractivity contribution is 0.0856. The van der Waals surface area contributed by atoms with Gasteiger partial charge in [-0.1, -0.05) is 82.4 Å². The number of amides is 1. The van der Waals surface area contributed by atoms with Gasteiger partial charge in [-0.3, -0.25) is 4.79 Å². The average Bonchev–Trinajstić information content (AvgIpc) is 3.23. The molecule has 2 rings (SSSR count). The molecule has 6 nitrogen and oxygen atoms in total. The number of benzene rings is 1. The third kappa shape index (κ3) is 7.82. The molecule has 1 aromatic carbocycles. The summed E-state index contributed by atoms with van der Waals surface area (Å²) in [5, 5.41) is 0. The molecule has 172 valence electrons. The number of hydrogen-bond donors (Lipinski definition) is 2. The number of aromatic amines is 1. The molecule has 0 saturated heterocycles. The summed E-state index contributed by atoms with van der Waals surface area (Å²) < 4.78 is 25.5. The maximum atomic E-state index is 12.6. The fourth-order valence-corrected chi connectivity index (χ4v) is 4.60. The van der Waals surface area contributed by atoms with Gasteiger partial charge in [0.15, 0.2) is 0 Å². The van der Waals surface area contributed by atoms with Crippen LogP contribution in [0.15, 0.2) is 41.4 Å². The number of rotatable bonds is 14. The minimum absolute atomic E-state index is 0.00825. The molecule has 0 spiro atoms. The maximum Gasteiger partial charge on any atom is 0.298 e. The molecule has 0 bridgehead atoms. The lowest BCUT2D eigenvalue weighted by Crippen LogP contribution is -2.42. The molecular weight excluding hydrogens is 410 g/mol. The molecule has 0 aliphatic heterocycles. The predicted molar refractivity (Wildman–Crippen MR) is 125 cm³/mol. The Morgan fingerprint density at radius 1 is 0.935 bits per heavy atom. The van der Waals surface area contributed by atoms with Gasteiger partial charge in [-0.25, -0.2) is 5.84 Å². The van der Waals surface area contributed by atoms with Crippen LogP contribution in [0.2, 0.25) is 0 Å². The highest BCUT2D eigenvalue weighted by molar-refractivity contribution is 7.89. The minimum atomic E-state index is -4.09. The molecule has 0 saturated carbocycles. The number of nitrogens with two attached hydrogens (primary N) is 1. The van der Waals surface area contributed by atoms with Crippen LogP contribution < -0.4 is 5.84 Å². The fourth-order valence-electron chi connectivity index (χ4n) is 3.58. The summed E-state index contributed by atoms with van der Waals surface area (Å²) in [4.78, 5) is 15.4. The first-order chi connectivity index (χ1) is 14.9. The van der Waals surface area contributed by atoms with E-state index in [4.69, 9.17) is 5.84 Å². The average molecular weight is 448 g/mol. The van der Waals surface area contributed by atoms with E-state index in [9.17, 15) is 13.2 Å². The van der Waals surface area contributed by atoms with E-state index >= 15 is 0 Å². The number of unbranched alkanes of at least 4 members (excludes halogenated alkanes) is 9. The standard InChI is InChI=1S/C24H37N3O3S/c1-3-4-5-6-7-8-9-10-11-12-13-21-18-23(26-19-21)24(28)27(25)31(29,30)22-16-14-20(2)15-17-22/h14-19,26H,3-13,25H2,1-2H3. The van der Waals surface area contributed by atoms with E-state index in [1.807, 2.05) is 6.92 Å². The van der Waals surface area contributed by atoms with Gasteiger partial charge in [-0.05, 0) is 43.5 Å². The molecule has 7 heteroatoms. The largest absolute Gasteiger partial charge is 0.357 e. The second-order valence-electron chi connectivity index (χ2n) is 8.27. The van der Waals surface area contributed by atoms with Crippen molar-refractivity contribution in [2.45, 2.75) is 89.4 Å². The van der Waals surface area contributed by atoms with Crippen LogP contribution in [0.4, 0.5) is 0 Å². The van der Waals surface area contributed by atoms with E-state index in [2.05, 4.69) is 11.9 Å². The van der Waals surface area contributed by atoms with Crippen molar-refractivity contribution in [3.63, 3.8) is 0 Å². The fraction of sp³-hybridized carbons (Fsp3) is 0.542. The molecule has 1 amide bonds. The summed E-state index contributed by atoms with van der Waals surface area (Å²) in [7, 11) is -4.09. The molecule has 0 aliphatic rings. The van der Waals surface area contributed by atoms with Gasteiger partial charge in [-0.2, -0.15) is 12.8 Å². The summed E-state index contributed by atoms with van der Waals surface area (Å²) in [6.45, 7) is 4.10. The molecule has 1 heterocycles. The molecule has 1 aromatic heterocycles. The van der Waals surface area contributed by atoms with Gasteiger partial charge in [-0.15, -0.1) is 0 Å². The van der Waals surface area contributed by atoms with Crippen LogP contribution >= 0.6 is 0 Å². The SMILES string of the molecule is CCCCCCCCCCCCc1c[nH]c(C(=O)N(N)S(=O)(=O)c2ccc(C)cc2)c1. The van der Waals surface area contributed by atoms with Crippen molar-refractivity contribution in [1.29, 1.82) is 0 Å². The maximum absolute atomic E-state index is 12.6. The van der Waals surface area contributed by atoms with Gasteiger partial charge in [0.1, 0.15) is 5.69 Å². The van der Waals surface area contributed by atoms with E-state index in [0.717, 1.165) is 30.4 Å². The van der Waals surface area contributed by atoms with Crippen molar-refractivity contribution in [3.05, 3.63) is 53.3 Å². The van der Waals surface area contributed by atoms with Crippen LogP contribution in [0.25, 0.3) is 0 Å². The molecule has 0 aliphatic carbocycles. The van der Waals surface area contributed by atoms with Crippen molar-refractivity contribution in [3.8, 4) is 0 Å². The summed E-state index contributed by atoms with van der Waals surface area (Å²) in [5.41, 5.74) is 2.10. The first kappa shape index (κ1) is 25.1. The first-order valence-corrected chi connectivity index (χ1v) is 12.9. The van der Waals surface area contributed by atoms with Gasteiger partial charge >= 0.3 is 0 Å². The van der Waals surface area contributed by atoms with E-state index in [0.29, 0.717) is 4.41 Å². The van der Waals surface area contributed by atoms with Gasteiger partial charge in [0.25, 0.3) is 15.9 Å². The Hall–Kier alpha value is -2.12. The number of nitrogens with one attached hydrogen (secondary N) is 1. The molecule has 31 heavy (non-hydrogen) atoms. The Balaban J connectivity index is 1.76. The van der Waals surface area contributed by atoms with Crippen LogP contribution in [0.3, 0.4) is 0 Å². The van der Waals surface area contributed by atoms with Crippen molar-refractivity contribution >= 4 is 15.9 Å². The lowest BCUT2D eigenvalue weighted by Gasteiger charge is -2.16. The number of sulfonamides is 1. The van der Waals surface area contributed by atoms with Crippen molar-refractivity contribution in [2.75, 3.05) is 0 Å². The number of nitrogens with zero attached hydrogens (tertiary/aromatic N) is 1. The van der Waals surface area contributed by atoms with Gasteiger partial charge < -0.3 is 4.98 Å². The molecule has 0 fully saturated rings. The number of H-pyrrole nitrogens is 1. The molecule has 0 atom stereocenters. The summed E-state index contributed by atoms with van der Waals surface area (Å²) in [5.74, 6) is 4.92. The Bertz CT molecular complexity index is 904. The highest BCUT2D eigenvalue weighted by atomic mass is 32.2.